The maximum atomic E-state index is 4.87. The van der Waals surface area contributed by atoms with Crippen LogP contribution in [-0.2, 0) is 6.54 Å². The van der Waals surface area contributed by atoms with Crippen molar-refractivity contribution in [3.8, 4) is 0 Å². The Labute approximate surface area is 190 Å². The van der Waals surface area contributed by atoms with E-state index in [9.17, 15) is 0 Å². The second kappa shape index (κ2) is 10.8. The van der Waals surface area contributed by atoms with Gasteiger partial charge in [-0.15, -0.1) is 11.3 Å². The van der Waals surface area contributed by atoms with Gasteiger partial charge in [0, 0.05) is 58.1 Å². The molecule has 2 aromatic heterocycles. The van der Waals surface area contributed by atoms with Gasteiger partial charge in [-0.25, -0.2) is 9.98 Å². The first-order chi connectivity index (χ1) is 15.2. The van der Waals surface area contributed by atoms with E-state index in [2.05, 4.69) is 73.9 Å². The summed E-state index contributed by atoms with van der Waals surface area (Å²) in [5.74, 6) is 1.98. The molecule has 8 heteroatoms. The molecular formula is C23H35N7S. The van der Waals surface area contributed by atoms with Gasteiger partial charge in [0.1, 0.15) is 5.82 Å². The Kier molecular flexibility index (Phi) is 7.64. The average Bonchev–Trinajstić information content (AvgIpc) is 3.34. The number of guanidine groups is 1. The standard InChI is InChI=1S/C23H35N7S/c1-3-24-23(27-20-7-10-30(11-8-20)22-5-4-16-31-22)26-18-19-6-9-25-21(17-19)29-14-12-28(2)13-15-29/h4-6,9,16-17,20H,3,7-8,10-15,18H2,1-2H3,(H2,24,26,27). The lowest BCUT2D eigenvalue weighted by Crippen LogP contribution is -2.48. The van der Waals surface area contributed by atoms with E-state index < -0.39 is 0 Å². The van der Waals surface area contributed by atoms with Gasteiger partial charge in [-0.1, -0.05) is 0 Å². The molecule has 0 saturated carbocycles. The zero-order valence-corrected chi connectivity index (χ0v) is 19.6. The number of hydrogen-bond acceptors (Lipinski definition) is 6. The van der Waals surface area contributed by atoms with Crippen LogP contribution in [0.25, 0.3) is 0 Å². The van der Waals surface area contributed by atoms with Crippen molar-refractivity contribution in [1.82, 2.24) is 20.5 Å². The molecule has 4 heterocycles. The zero-order chi connectivity index (χ0) is 21.5. The summed E-state index contributed by atoms with van der Waals surface area (Å²) in [5, 5.41) is 10.6. The van der Waals surface area contributed by atoms with Crippen LogP contribution < -0.4 is 20.4 Å². The molecule has 0 bridgehead atoms. The van der Waals surface area contributed by atoms with Crippen molar-refractivity contribution in [2.45, 2.75) is 32.4 Å². The van der Waals surface area contributed by atoms with Crippen LogP contribution in [0, 0.1) is 0 Å². The first kappa shape index (κ1) is 21.9. The molecule has 0 aromatic carbocycles. The number of piperazine rings is 1. The van der Waals surface area contributed by atoms with E-state index in [0.717, 1.165) is 70.4 Å². The van der Waals surface area contributed by atoms with Crippen molar-refractivity contribution in [1.29, 1.82) is 0 Å². The summed E-state index contributed by atoms with van der Waals surface area (Å²) in [6.07, 6.45) is 4.18. The van der Waals surface area contributed by atoms with Gasteiger partial charge in [0.15, 0.2) is 5.96 Å². The van der Waals surface area contributed by atoms with E-state index >= 15 is 0 Å². The lowest BCUT2D eigenvalue weighted by molar-refractivity contribution is 0.312. The maximum absolute atomic E-state index is 4.87. The molecule has 168 valence electrons. The summed E-state index contributed by atoms with van der Waals surface area (Å²) in [6.45, 7) is 10.1. The molecule has 2 aromatic rings. The van der Waals surface area contributed by atoms with Crippen LogP contribution in [0.5, 0.6) is 0 Å². The van der Waals surface area contributed by atoms with Crippen LogP contribution in [0.15, 0.2) is 40.8 Å². The van der Waals surface area contributed by atoms with Gasteiger partial charge in [-0.2, -0.15) is 0 Å². The molecule has 2 aliphatic heterocycles. The number of nitrogens with one attached hydrogen (secondary N) is 2. The average molecular weight is 442 g/mol. The number of piperidine rings is 1. The predicted octanol–water partition coefficient (Wildman–Crippen LogP) is 2.62. The van der Waals surface area contributed by atoms with Crippen LogP contribution in [0.2, 0.25) is 0 Å². The highest BCUT2D eigenvalue weighted by molar-refractivity contribution is 7.14. The van der Waals surface area contributed by atoms with Gasteiger partial charge in [-0.05, 0) is 62.0 Å². The number of likely N-dealkylation sites (N-methyl/N-ethyl adjacent to an activating group) is 1. The van der Waals surface area contributed by atoms with E-state index in [0.29, 0.717) is 12.6 Å². The molecular weight excluding hydrogens is 406 g/mol. The number of pyridine rings is 1. The largest absolute Gasteiger partial charge is 0.363 e. The SMILES string of the molecule is CCNC(=NCc1ccnc(N2CCN(C)CC2)c1)NC1CCN(c2cccs2)CC1. The van der Waals surface area contributed by atoms with Crippen molar-refractivity contribution in [2.75, 3.05) is 62.7 Å². The fourth-order valence-electron chi connectivity index (χ4n) is 4.15. The highest BCUT2D eigenvalue weighted by Crippen LogP contribution is 2.24. The Hall–Kier alpha value is -2.32. The van der Waals surface area contributed by atoms with Crippen LogP contribution in [0.4, 0.5) is 10.8 Å². The molecule has 0 amide bonds. The van der Waals surface area contributed by atoms with Crippen molar-refractivity contribution in [3.63, 3.8) is 0 Å². The monoisotopic (exact) mass is 441 g/mol. The van der Waals surface area contributed by atoms with Crippen LogP contribution in [0.3, 0.4) is 0 Å². The molecule has 2 N–H and O–H groups in total. The molecule has 2 fully saturated rings. The topological polar surface area (TPSA) is 59.0 Å². The first-order valence-electron chi connectivity index (χ1n) is 11.4. The summed E-state index contributed by atoms with van der Waals surface area (Å²) >= 11 is 1.83. The Morgan fingerprint density at radius 2 is 1.94 bits per heavy atom. The fraction of sp³-hybridized carbons (Fsp3) is 0.565. The van der Waals surface area contributed by atoms with Crippen molar-refractivity contribution in [2.24, 2.45) is 4.99 Å². The third kappa shape index (κ3) is 6.11. The predicted molar refractivity (Wildman–Crippen MR) is 131 cm³/mol. The highest BCUT2D eigenvalue weighted by Gasteiger charge is 2.21. The van der Waals surface area contributed by atoms with Gasteiger partial charge in [0.25, 0.3) is 0 Å². The molecule has 4 rings (SSSR count). The maximum Gasteiger partial charge on any atom is 0.191 e. The second-order valence-electron chi connectivity index (χ2n) is 8.36. The normalized spacial score (nSPS) is 19.0. The van der Waals surface area contributed by atoms with Crippen molar-refractivity contribution < 1.29 is 0 Å². The van der Waals surface area contributed by atoms with E-state index in [1.54, 1.807) is 0 Å². The lowest BCUT2D eigenvalue weighted by Gasteiger charge is -2.33. The number of aromatic nitrogens is 1. The molecule has 0 aliphatic carbocycles. The number of nitrogens with zero attached hydrogens (tertiary/aromatic N) is 5. The van der Waals surface area contributed by atoms with Crippen molar-refractivity contribution >= 4 is 28.1 Å². The van der Waals surface area contributed by atoms with Gasteiger partial charge in [0.2, 0.25) is 0 Å². The quantitative estimate of drug-likeness (QED) is 0.531. The third-order valence-electron chi connectivity index (χ3n) is 6.05. The molecule has 2 saturated heterocycles. The molecule has 0 spiro atoms. The van der Waals surface area contributed by atoms with Crippen LogP contribution in [-0.4, -0.2) is 74.7 Å². The highest BCUT2D eigenvalue weighted by atomic mass is 32.1. The molecule has 31 heavy (non-hydrogen) atoms. The number of thiophene rings is 1. The third-order valence-corrected chi connectivity index (χ3v) is 6.98. The van der Waals surface area contributed by atoms with Crippen LogP contribution >= 0.6 is 11.3 Å². The summed E-state index contributed by atoms with van der Waals surface area (Å²) in [4.78, 5) is 16.7. The first-order valence-corrected chi connectivity index (χ1v) is 12.3. The lowest BCUT2D eigenvalue weighted by atomic mass is 10.1. The molecule has 7 nitrogen and oxygen atoms in total. The minimum atomic E-state index is 0.465. The molecule has 0 atom stereocenters. The van der Waals surface area contributed by atoms with Crippen LogP contribution in [0.1, 0.15) is 25.3 Å². The van der Waals surface area contributed by atoms with Gasteiger partial charge >= 0.3 is 0 Å². The summed E-state index contributed by atoms with van der Waals surface area (Å²) in [7, 11) is 2.18. The van der Waals surface area contributed by atoms with Crippen molar-refractivity contribution in [3.05, 3.63) is 41.4 Å². The Bertz CT molecular complexity index is 822. The molecule has 2 aliphatic rings. The smallest absolute Gasteiger partial charge is 0.191 e. The zero-order valence-electron chi connectivity index (χ0n) is 18.8. The van der Waals surface area contributed by atoms with E-state index in [1.165, 1.54) is 10.6 Å². The second-order valence-corrected chi connectivity index (χ2v) is 9.29. The number of hydrogen-bond donors (Lipinski definition) is 2. The van der Waals surface area contributed by atoms with E-state index in [-0.39, 0.29) is 0 Å². The minimum Gasteiger partial charge on any atom is -0.363 e. The number of aliphatic imine (C=N–C) groups is 1. The van der Waals surface area contributed by atoms with Gasteiger partial charge < -0.3 is 25.3 Å². The Morgan fingerprint density at radius 1 is 1.13 bits per heavy atom. The Morgan fingerprint density at radius 3 is 2.65 bits per heavy atom. The van der Waals surface area contributed by atoms with E-state index in [4.69, 9.17) is 4.99 Å². The summed E-state index contributed by atoms with van der Waals surface area (Å²) < 4.78 is 0. The number of rotatable bonds is 6. The fourth-order valence-corrected chi connectivity index (χ4v) is 4.93. The van der Waals surface area contributed by atoms with E-state index in [1.807, 2.05) is 17.5 Å². The molecule has 0 radical (unpaired) electrons. The van der Waals surface area contributed by atoms with Gasteiger partial charge in [-0.3, -0.25) is 0 Å². The molecule has 0 unspecified atom stereocenters. The summed E-state index contributed by atoms with van der Waals surface area (Å²) in [5.41, 5.74) is 1.20. The summed E-state index contributed by atoms with van der Waals surface area (Å²) in [6, 6.07) is 9.08. The minimum absolute atomic E-state index is 0.465. The van der Waals surface area contributed by atoms with Gasteiger partial charge in [0.05, 0.1) is 11.5 Å². The Balaban J connectivity index is 1.32. The number of anilines is 2.